The van der Waals surface area contributed by atoms with Crippen molar-refractivity contribution in [2.45, 2.75) is 45.6 Å². The van der Waals surface area contributed by atoms with Gasteiger partial charge in [-0.15, -0.1) is 0 Å². The zero-order chi connectivity index (χ0) is 18.4. The van der Waals surface area contributed by atoms with Crippen LogP contribution < -0.4 is 0 Å². The average Bonchev–Trinajstić information content (AvgIpc) is 3.25. The Balaban J connectivity index is 1.81. The molecule has 2 aliphatic rings. The van der Waals surface area contributed by atoms with E-state index in [4.69, 9.17) is 0 Å². The first-order valence-corrected chi connectivity index (χ1v) is 13.2. The number of hydrogen-bond acceptors (Lipinski definition) is 0. The van der Waals surface area contributed by atoms with Crippen molar-refractivity contribution < 1.29 is 21.4 Å². The maximum absolute atomic E-state index is 4.26. The average molecular weight is 373 g/mol. The number of hydrogen-bond donors (Lipinski definition) is 0. The third-order valence-corrected chi connectivity index (χ3v) is 12.8. The number of allylic oxidation sites excluding steroid dienone is 2. The van der Waals surface area contributed by atoms with E-state index in [0.29, 0.717) is 7.35 Å². The molecule has 2 aromatic carbocycles. The fraction of sp³-hybridized carbons (Fsp3) is 0.320. The molecule has 0 heterocycles. The number of aryl methyl sites for hydroxylation is 4. The second kappa shape index (κ2) is 7.08. The second-order valence-electron chi connectivity index (χ2n) is 8.13. The zero-order valence-electron chi connectivity index (χ0n) is 16.5. The van der Waals surface area contributed by atoms with Gasteiger partial charge in [0.25, 0.3) is 0 Å². The van der Waals surface area contributed by atoms with Crippen LogP contribution in [0.25, 0.3) is 12.2 Å². The first-order chi connectivity index (χ1) is 12.5. The molecule has 0 amide bonds. The second-order valence-corrected chi connectivity index (χ2v) is 13.3. The molecule has 0 spiro atoms. The molecule has 26 heavy (non-hydrogen) atoms. The van der Waals surface area contributed by atoms with Gasteiger partial charge in [-0.25, -0.2) is 0 Å². The van der Waals surface area contributed by atoms with Crippen molar-refractivity contribution in [1.29, 1.82) is 0 Å². The summed E-state index contributed by atoms with van der Waals surface area (Å²) in [6.45, 7) is 13.4. The Hall–Kier alpha value is -1.21. The van der Waals surface area contributed by atoms with E-state index in [0.717, 1.165) is 6.42 Å². The molecule has 0 fully saturated rings. The van der Waals surface area contributed by atoms with Crippen molar-refractivity contribution in [1.82, 2.24) is 0 Å². The summed E-state index contributed by atoms with van der Waals surface area (Å²) in [5, 5.41) is 0. The van der Waals surface area contributed by atoms with Crippen molar-refractivity contribution in [2.24, 2.45) is 0 Å². The Kier molecular flexibility index (Phi) is 4.94. The van der Waals surface area contributed by atoms with Crippen molar-refractivity contribution >= 4 is 12.2 Å². The Morgan fingerprint density at radius 1 is 0.731 bits per heavy atom. The molecule has 0 saturated heterocycles. The van der Waals surface area contributed by atoms with Crippen LogP contribution in [0.1, 0.15) is 58.3 Å². The molecule has 0 saturated carbocycles. The Morgan fingerprint density at radius 3 is 1.58 bits per heavy atom. The molecule has 2 unspecified atom stereocenters. The SMILES string of the molecule is [CH2]C[CH2][Sc]([CH]1C=Cc2c(C)ccc(C)c21)[CH]1C=Cc2c(C)ccc(C)c21. The van der Waals surface area contributed by atoms with Crippen LogP contribution in [-0.2, 0) is 21.4 Å². The molecule has 1 radical (unpaired) electrons. The topological polar surface area (TPSA) is 0 Å². The Bertz CT molecular complexity index is 843. The third-order valence-electron chi connectivity index (χ3n) is 6.51. The molecule has 0 aromatic heterocycles. The zero-order valence-corrected chi connectivity index (χ0v) is 18.3. The van der Waals surface area contributed by atoms with E-state index in [1.54, 1.807) is 11.1 Å². The summed E-state index contributed by atoms with van der Waals surface area (Å²) in [5.41, 5.74) is 12.1. The molecule has 2 atom stereocenters. The molecule has 4 rings (SSSR count). The van der Waals surface area contributed by atoms with E-state index in [1.165, 1.54) is 37.6 Å². The molecule has 0 aliphatic heterocycles. The molecular weight excluding hydrogens is 345 g/mol. The van der Waals surface area contributed by atoms with E-state index in [9.17, 15) is 0 Å². The quantitative estimate of drug-likeness (QED) is 0.540. The van der Waals surface area contributed by atoms with Gasteiger partial charge < -0.3 is 0 Å². The predicted molar refractivity (Wildman–Crippen MR) is 110 cm³/mol. The van der Waals surface area contributed by atoms with E-state index in [1.807, 2.05) is 0 Å². The van der Waals surface area contributed by atoms with Gasteiger partial charge in [0, 0.05) is 0 Å². The van der Waals surface area contributed by atoms with Gasteiger partial charge in [-0.05, 0) is 0 Å². The van der Waals surface area contributed by atoms with Gasteiger partial charge in [0.15, 0.2) is 0 Å². The Morgan fingerprint density at radius 2 is 1.15 bits per heavy atom. The standard InChI is InChI=1S/2C11H11.C3H6.Sc/c2*1-8-6-7-9(2)11-5-3-4-10(8)11;1-3-2;/h2*3-7H,1-2H3;1-3H2;. The summed E-state index contributed by atoms with van der Waals surface area (Å²) in [6, 6.07) is 9.21. The first-order valence-electron chi connectivity index (χ1n) is 9.88. The fourth-order valence-corrected chi connectivity index (χ4v) is 11.7. The van der Waals surface area contributed by atoms with Crippen LogP contribution in [0.5, 0.6) is 0 Å². The summed E-state index contributed by atoms with van der Waals surface area (Å²) in [5.74, 6) is 0. The van der Waals surface area contributed by atoms with E-state index in [-0.39, 0.29) is 0 Å². The van der Waals surface area contributed by atoms with Gasteiger partial charge >= 0.3 is 167 Å². The summed E-state index contributed by atoms with van der Waals surface area (Å²) in [6.07, 6.45) is 11.0. The van der Waals surface area contributed by atoms with Gasteiger partial charge in [-0.1, -0.05) is 0 Å². The maximum atomic E-state index is 4.26. The van der Waals surface area contributed by atoms with Crippen molar-refractivity contribution in [3.05, 3.63) is 87.8 Å². The van der Waals surface area contributed by atoms with Gasteiger partial charge in [-0.2, -0.15) is 0 Å². The van der Waals surface area contributed by atoms with Crippen LogP contribution in [0.4, 0.5) is 0 Å². The van der Waals surface area contributed by atoms with Crippen LogP contribution in [0, 0.1) is 34.6 Å². The Labute approximate surface area is 166 Å². The monoisotopic (exact) mass is 373 g/mol. The van der Waals surface area contributed by atoms with Crippen molar-refractivity contribution in [3.8, 4) is 0 Å². The van der Waals surface area contributed by atoms with Crippen LogP contribution in [0.3, 0.4) is 0 Å². The molecule has 2 aromatic rings. The van der Waals surface area contributed by atoms with Crippen LogP contribution >= 0.6 is 0 Å². The number of benzene rings is 2. The van der Waals surface area contributed by atoms with Crippen LogP contribution in [0.15, 0.2) is 36.4 Å². The summed E-state index contributed by atoms with van der Waals surface area (Å²) in [4.78, 5) is 0. The van der Waals surface area contributed by atoms with Gasteiger partial charge in [0.2, 0.25) is 0 Å². The van der Waals surface area contributed by atoms with Crippen LogP contribution in [0.2, 0.25) is 4.18 Å². The molecule has 131 valence electrons. The molecule has 1 heteroatoms. The van der Waals surface area contributed by atoms with E-state index in [2.05, 4.69) is 83.2 Å². The van der Waals surface area contributed by atoms with Gasteiger partial charge in [-0.3, -0.25) is 0 Å². The van der Waals surface area contributed by atoms with Crippen molar-refractivity contribution in [2.75, 3.05) is 0 Å². The molecular formula is C25H28Sc. The predicted octanol–water partition coefficient (Wildman–Crippen LogP) is 7.02. The normalized spacial score (nSPS) is 19.7. The fourth-order valence-electron chi connectivity index (χ4n) is 5.16. The van der Waals surface area contributed by atoms with Gasteiger partial charge in [0.05, 0.1) is 0 Å². The summed E-state index contributed by atoms with van der Waals surface area (Å²) < 4.78 is 2.70. The minimum atomic E-state index is -1.75. The van der Waals surface area contributed by atoms with E-state index < -0.39 is 21.4 Å². The summed E-state index contributed by atoms with van der Waals surface area (Å²) in [7, 11) is 0. The van der Waals surface area contributed by atoms with E-state index >= 15 is 0 Å². The van der Waals surface area contributed by atoms with Crippen molar-refractivity contribution in [3.63, 3.8) is 0 Å². The third kappa shape index (κ3) is 2.83. The number of fused-ring (bicyclic) bond motifs is 2. The van der Waals surface area contributed by atoms with Gasteiger partial charge in [0.1, 0.15) is 0 Å². The molecule has 0 N–H and O–H groups in total. The molecule has 2 aliphatic carbocycles. The summed E-state index contributed by atoms with van der Waals surface area (Å²) >= 11 is -1.75. The first kappa shape index (κ1) is 18.2. The molecule has 0 nitrogen and oxygen atoms in total. The minimum absolute atomic E-state index is 0.680. The number of rotatable bonds is 4. The molecule has 0 bridgehead atoms. The van der Waals surface area contributed by atoms with Crippen LogP contribution in [-0.4, -0.2) is 0 Å².